The number of benzene rings is 3. The summed E-state index contributed by atoms with van der Waals surface area (Å²) in [6.45, 7) is 0. The van der Waals surface area contributed by atoms with Gasteiger partial charge in [0.05, 0.1) is 23.6 Å². The first-order chi connectivity index (χ1) is 12.2. The fraction of sp³-hybridized carbons (Fsp3) is 0. The largest absolute Gasteiger partial charge is 0.507 e. The molecule has 0 atom stereocenters. The van der Waals surface area contributed by atoms with Gasteiger partial charge in [0.2, 0.25) is 0 Å². The van der Waals surface area contributed by atoms with Gasteiger partial charge in [-0.2, -0.15) is 5.10 Å². The molecule has 1 amide bonds. The van der Waals surface area contributed by atoms with E-state index in [4.69, 9.17) is 0 Å². The first-order valence-corrected chi connectivity index (χ1v) is 7.69. The van der Waals surface area contributed by atoms with E-state index in [9.17, 15) is 9.90 Å². The third-order valence-electron chi connectivity index (χ3n) is 3.98. The van der Waals surface area contributed by atoms with Crippen LogP contribution in [0.3, 0.4) is 0 Å². The Labute approximate surface area is 155 Å². The maximum absolute atomic E-state index is 12.2. The molecule has 0 saturated carbocycles. The molecule has 7 heteroatoms. The van der Waals surface area contributed by atoms with Crippen LogP contribution in [0.25, 0.3) is 21.8 Å². The molecule has 1 heterocycles. The van der Waals surface area contributed by atoms with Crippen LogP contribution in [0.1, 0.15) is 15.9 Å². The molecule has 0 aliphatic heterocycles. The molecule has 0 unspecified atom stereocenters. The third-order valence-corrected chi connectivity index (χ3v) is 3.98. The Bertz CT molecular complexity index is 1120. The zero-order valence-corrected chi connectivity index (χ0v) is 14.3. The second kappa shape index (κ2) is 7.25. The van der Waals surface area contributed by atoms with Crippen LogP contribution in [0.5, 0.6) is 5.75 Å². The number of nitrogens with one attached hydrogen (secondary N) is 2. The minimum Gasteiger partial charge on any atom is -0.507 e. The van der Waals surface area contributed by atoms with Crippen LogP contribution in [-0.2, 0) is 0 Å². The Balaban J connectivity index is 0.00000196. The van der Waals surface area contributed by atoms with Gasteiger partial charge in [-0.15, -0.1) is 12.4 Å². The average molecular weight is 367 g/mol. The molecule has 0 saturated heterocycles. The van der Waals surface area contributed by atoms with Crippen molar-refractivity contribution in [2.24, 2.45) is 5.10 Å². The molecule has 4 rings (SSSR count). The van der Waals surface area contributed by atoms with E-state index in [2.05, 4.69) is 20.5 Å². The lowest BCUT2D eigenvalue weighted by atomic mass is 10.1. The van der Waals surface area contributed by atoms with E-state index in [0.29, 0.717) is 11.1 Å². The number of phenols is 1. The van der Waals surface area contributed by atoms with Crippen molar-refractivity contribution in [3.05, 3.63) is 72.1 Å². The molecular formula is C19H15ClN4O2. The van der Waals surface area contributed by atoms with Crippen LogP contribution in [0.15, 0.2) is 66.0 Å². The number of aromatic nitrogens is 2. The number of carbonyl (C=O) groups is 1. The van der Waals surface area contributed by atoms with Gasteiger partial charge in [0.25, 0.3) is 5.91 Å². The lowest BCUT2D eigenvalue weighted by Crippen LogP contribution is -2.17. The van der Waals surface area contributed by atoms with Gasteiger partial charge in [-0.1, -0.05) is 30.3 Å². The van der Waals surface area contributed by atoms with Gasteiger partial charge in [0, 0.05) is 16.5 Å². The van der Waals surface area contributed by atoms with Gasteiger partial charge in [-0.3, -0.25) is 4.79 Å². The van der Waals surface area contributed by atoms with E-state index in [0.717, 1.165) is 21.8 Å². The van der Waals surface area contributed by atoms with Crippen LogP contribution in [-0.4, -0.2) is 27.2 Å². The Morgan fingerprint density at radius 3 is 2.88 bits per heavy atom. The highest BCUT2D eigenvalue weighted by Gasteiger charge is 2.07. The van der Waals surface area contributed by atoms with Gasteiger partial charge >= 0.3 is 0 Å². The number of H-pyrrole nitrogens is 1. The number of hydrogen-bond donors (Lipinski definition) is 3. The fourth-order valence-corrected chi connectivity index (χ4v) is 2.68. The molecule has 26 heavy (non-hydrogen) atoms. The first kappa shape index (κ1) is 17.4. The lowest BCUT2D eigenvalue weighted by molar-refractivity contribution is 0.0955. The maximum Gasteiger partial charge on any atom is 0.271 e. The summed E-state index contributed by atoms with van der Waals surface area (Å²) in [6, 6.07) is 16.3. The Hall–Kier alpha value is -3.38. The summed E-state index contributed by atoms with van der Waals surface area (Å²) in [5, 5.41) is 15.9. The second-order valence-corrected chi connectivity index (χ2v) is 5.56. The number of fused-ring (bicyclic) bond motifs is 2. The highest BCUT2D eigenvalue weighted by Crippen LogP contribution is 2.27. The molecule has 3 aromatic carbocycles. The van der Waals surface area contributed by atoms with Crippen LogP contribution in [0.2, 0.25) is 0 Å². The Kier molecular flexibility index (Phi) is 4.86. The summed E-state index contributed by atoms with van der Waals surface area (Å²) in [7, 11) is 0. The summed E-state index contributed by atoms with van der Waals surface area (Å²) >= 11 is 0. The molecule has 1 aromatic heterocycles. The molecule has 0 radical (unpaired) electrons. The normalized spacial score (nSPS) is 10.9. The van der Waals surface area contributed by atoms with Crippen molar-refractivity contribution in [3.8, 4) is 5.75 Å². The van der Waals surface area contributed by atoms with Gasteiger partial charge < -0.3 is 10.1 Å². The van der Waals surface area contributed by atoms with E-state index < -0.39 is 0 Å². The van der Waals surface area contributed by atoms with Gasteiger partial charge in [0.15, 0.2) is 0 Å². The van der Waals surface area contributed by atoms with E-state index in [1.165, 1.54) is 6.21 Å². The molecule has 0 aliphatic rings. The quantitative estimate of drug-likeness (QED) is 0.382. The van der Waals surface area contributed by atoms with Gasteiger partial charge in [0.1, 0.15) is 5.75 Å². The van der Waals surface area contributed by atoms with E-state index >= 15 is 0 Å². The number of amides is 1. The summed E-state index contributed by atoms with van der Waals surface area (Å²) in [5.74, 6) is -0.206. The zero-order chi connectivity index (χ0) is 17.2. The van der Waals surface area contributed by atoms with E-state index in [1.807, 2.05) is 30.3 Å². The number of phenolic OH excluding ortho intramolecular Hbond substituents is 1. The number of aromatic amines is 1. The minimum absolute atomic E-state index is 0. The molecule has 0 bridgehead atoms. The molecule has 130 valence electrons. The van der Waals surface area contributed by atoms with Crippen LogP contribution in [0.4, 0.5) is 0 Å². The van der Waals surface area contributed by atoms with Crippen molar-refractivity contribution in [1.82, 2.24) is 15.4 Å². The van der Waals surface area contributed by atoms with Crippen molar-refractivity contribution in [2.45, 2.75) is 0 Å². The van der Waals surface area contributed by atoms with Crippen LogP contribution in [0, 0.1) is 0 Å². The number of aromatic hydroxyl groups is 1. The summed E-state index contributed by atoms with van der Waals surface area (Å²) < 4.78 is 0. The van der Waals surface area contributed by atoms with Crippen molar-refractivity contribution in [3.63, 3.8) is 0 Å². The number of carbonyl (C=O) groups excluding carboxylic acids is 1. The molecule has 0 spiro atoms. The monoisotopic (exact) mass is 366 g/mol. The summed E-state index contributed by atoms with van der Waals surface area (Å²) in [6.07, 6.45) is 3.00. The number of hydrazone groups is 1. The summed E-state index contributed by atoms with van der Waals surface area (Å²) in [4.78, 5) is 19.2. The Morgan fingerprint density at radius 1 is 1.15 bits per heavy atom. The average Bonchev–Trinajstić information content (AvgIpc) is 3.11. The SMILES string of the molecule is Cl.O=C(NN=Cc1ccc2ccccc2c1O)c1ccc2nc[nH]c2c1. The van der Waals surface area contributed by atoms with Crippen LogP contribution >= 0.6 is 12.4 Å². The van der Waals surface area contributed by atoms with Crippen molar-refractivity contribution < 1.29 is 9.90 Å². The molecule has 4 aromatic rings. The standard InChI is InChI=1S/C19H14N4O2.ClH/c24-18-14(6-5-12-3-1-2-4-15(12)18)10-22-23-19(25)13-7-8-16-17(9-13)21-11-20-16;/h1-11,24H,(H,20,21)(H,23,25);1H. The smallest absolute Gasteiger partial charge is 0.271 e. The topological polar surface area (TPSA) is 90.4 Å². The first-order valence-electron chi connectivity index (χ1n) is 7.69. The highest BCUT2D eigenvalue weighted by molar-refractivity contribution is 5.99. The third kappa shape index (κ3) is 3.22. The second-order valence-electron chi connectivity index (χ2n) is 5.56. The lowest BCUT2D eigenvalue weighted by Gasteiger charge is -2.04. The predicted octanol–water partition coefficient (Wildman–Crippen LogP) is 3.61. The fourth-order valence-electron chi connectivity index (χ4n) is 2.68. The maximum atomic E-state index is 12.2. The molecular weight excluding hydrogens is 352 g/mol. The van der Waals surface area contributed by atoms with E-state index in [1.54, 1.807) is 30.6 Å². The Morgan fingerprint density at radius 2 is 2.00 bits per heavy atom. The highest BCUT2D eigenvalue weighted by atomic mass is 35.5. The molecule has 6 nitrogen and oxygen atoms in total. The number of imidazole rings is 1. The van der Waals surface area contributed by atoms with Crippen molar-refractivity contribution >= 4 is 46.3 Å². The summed E-state index contributed by atoms with van der Waals surface area (Å²) in [5.41, 5.74) is 5.04. The number of hydrogen-bond acceptors (Lipinski definition) is 4. The molecule has 3 N–H and O–H groups in total. The van der Waals surface area contributed by atoms with E-state index in [-0.39, 0.29) is 24.1 Å². The van der Waals surface area contributed by atoms with Crippen molar-refractivity contribution in [1.29, 1.82) is 0 Å². The minimum atomic E-state index is -0.340. The van der Waals surface area contributed by atoms with Crippen LogP contribution < -0.4 is 5.43 Å². The zero-order valence-electron chi connectivity index (χ0n) is 13.5. The molecule has 0 fully saturated rings. The van der Waals surface area contributed by atoms with Gasteiger partial charge in [-0.25, -0.2) is 10.4 Å². The molecule has 0 aliphatic carbocycles. The van der Waals surface area contributed by atoms with Gasteiger partial charge in [-0.05, 0) is 29.7 Å². The van der Waals surface area contributed by atoms with Crippen molar-refractivity contribution in [2.75, 3.05) is 0 Å². The number of rotatable bonds is 3. The number of nitrogens with zero attached hydrogens (tertiary/aromatic N) is 2. The number of halogens is 1. The predicted molar refractivity (Wildman–Crippen MR) is 104 cm³/mol.